The Morgan fingerprint density at radius 3 is 1.97 bits per heavy atom. The first kappa shape index (κ1) is 17.0. The molecule has 0 N–H and O–H groups in total. The lowest BCUT2D eigenvalue weighted by Crippen LogP contribution is -2.34. The average Bonchev–Trinajstić information content (AvgIpc) is 2.78. The Bertz CT molecular complexity index is 1620. The number of fused-ring (bicyclic) bond motifs is 4. The van der Waals surface area contributed by atoms with E-state index in [0.717, 1.165) is 37.7 Å². The molecule has 0 radical (unpaired) electrons. The Balaban J connectivity index is 1.85. The van der Waals surface area contributed by atoms with Crippen molar-refractivity contribution in [2.45, 2.75) is 0 Å². The molecule has 4 heteroatoms. The molecule has 0 atom stereocenters. The first-order valence-electron chi connectivity index (χ1n) is 9.77. The van der Waals surface area contributed by atoms with Crippen molar-refractivity contribution >= 4 is 43.6 Å². The third kappa shape index (κ3) is 2.34. The predicted molar refractivity (Wildman–Crippen MR) is 115 cm³/mol. The van der Waals surface area contributed by atoms with Crippen molar-refractivity contribution in [1.29, 1.82) is 0 Å². The van der Waals surface area contributed by atoms with Gasteiger partial charge in [-0.25, -0.2) is 4.39 Å². The van der Waals surface area contributed by atoms with E-state index < -0.39 is 0 Å². The van der Waals surface area contributed by atoms with Crippen molar-refractivity contribution in [2.24, 2.45) is 0 Å². The monoisotopic (exact) mass is 394 g/mol. The van der Waals surface area contributed by atoms with Gasteiger partial charge in [-0.3, -0.25) is 0 Å². The molecule has 0 spiro atoms. The molecule has 0 aliphatic heterocycles. The summed E-state index contributed by atoms with van der Waals surface area (Å²) in [5.74, 6) is -0.279. The quantitative estimate of drug-likeness (QED) is 0.248. The number of para-hydroxylation sites is 2. The number of benzene rings is 4. The number of halogens is 2. The zero-order chi connectivity index (χ0) is 20.2. The summed E-state index contributed by atoms with van der Waals surface area (Å²) in [6, 6.07) is 29.7. The number of hydrogen-bond acceptors (Lipinski definition) is 0. The molecule has 2 nitrogen and oxygen atoms in total. The number of hydrogen-bond donors (Lipinski definition) is 0. The molecular formula is C26H16F2N2+2. The van der Waals surface area contributed by atoms with Crippen molar-refractivity contribution in [3.63, 3.8) is 0 Å². The van der Waals surface area contributed by atoms with Crippen LogP contribution in [-0.2, 0) is 0 Å². The highest BCUT2D eigenvalue weighted by Gasteiger charge is 2.26. The Hall–Kier alpha value is -3.92. The molecule has 0 aliphatic rings. The van der Waals surface area contributed by atoms with Crippen LogP contribution in [0.3, 0.4) is 0 Å². The Morgan fingerprint density at radius 2 is 1.13 bits per heavy atom. The molecule has 0 bridgehead atoms. The van der Waals surface area contributed by atoms with Gasteiger partial charge in [0.2, 0.25) is 16.7 Å². The van der Waals surface area contributed by atoms with Gasteiger partial charge in [-0.05, 0) is 36.4 Å². The molecule has 0 fully saturated rings. The molecule has 0 saturated heterocycles. The molecule has 0 aliphatic carbocycles. The van der Waals surface area contributed by atoms with E-state index in [1.807, 2.05) is 77.4 Å². The van der Waals surface area contributed by atoms with Gasteiger partial charge in [-0.15, -0.1) is 0 Å². The van der Waals surface area contributed by atoms with Crippen LogP contribution >= 0.6 is 0 Å². The van der Waals surface area contributed by atoms with Gasteiger partial charge in [-0.2, -0.15) is 4.57 Å². The third-order valence-corrected chi connectivity index (χ3v) is 5.71. The van der Waals surface area contributed by atoms with E-state index in [2.05, 4.69) is 0 Å². The van der Waals surface area contributed by atoms with E-state index in [-0.39, 0.29) is 5.82 Å². The van der Waals surface area contributed by atoms with Gasteiger partial charge in [0.25, 0.3) is 11.0 Å². The highest BCUT2D eigenvalue weighted by molar-refractivity contribution is 5.95. The van der Waals surface area contributed by atoms with Crippen molar-refractivity contribution in [3.05, 3.63) is 103 Å². The van der Waals surface area contributed by atoms with Crippen molar-refractivity contribution in [3.8, 4) is 5.69 Å². The summed E-state index contributed by atoms with van der Waals surface area (Å²) in [7, 11) is 0. The lowest BCUT2D eigenvalue weighted by Gasteiger charge is -2.07. The normalized spacial score (nSPS) is 11.7. The van der Waals surface area contributed by atoms with E-state index in [9.17, 15) is 4.39 Å². The molecular weight excluding hydrogens is 378 g/mol. The largest absolute Gasteiger partial charge is 0.268 e. The number of rotatable bonds is 1. The van der Waals surface area contributed by atoms with Crippen molar-refractivity contribution in [1.82, 2.24) is 0 Å². The van der Waals surface area contributed by atoms with Crippen LogP contribution < -0.4 is 9.36 Å². The minimum atomic E-state index is -0.279. The van der Waals surface area contributed by atoms with E-state index in [4.69, 9.17) is 0 Å². The molecule has 2 aromatic heterocycles. The van der Waals surface area contributed by atoms with E-state index in [1.165, 1.54) is 6.07 Å². The number of pyridine rings is 2. The summed E-state index contributed by atoms with van der Waals surface area (Å²) in [6.07, 6.45) is 0. The van der Waals surface area contributed by atoms with Gasteiger partial charge in [0, 0.05) is 40.5 Å². The van der Waals surface area contributed by atoms with Crippen LogP contribution in [0.15, 0.2) is 97.1 Å². The zero-order valence-electron chi connectivity index (χ0n) is 15.9. The van der Waals surface area contributed by atoms with Gasteiger partial charge in [0.1, 0.15) is 11.2 Å². The standard InChI is InChI=1S/C26H16F2N2/c27-21-9-5-12-24-19(21)15-17-7-1-3-10-22(17)29(24)25-13-6-14-26-20(25)16-18-8-2-4-11-23(18)30(26)28/h1-16H/q+2. The first-order valence-corrected chi connectivity index (χ1v) is 9.77. The topological polar surface area (TPSA) is 7.76 Å². The summed E-state index contributed by atoms with van der Waals surface area (Å²) in [4.78, 5) is 0.725. The number of nitrogens with zero attached hydrogens (tertiary/aromatic N) is 2. The smallest absolute Gasteiger partial charge is 0.206 e. The van der Waals surface area contributed by atoms with Gasteiger partial charge in [0.05, 0.1) is 15.3 Å². The molecule has 6 rings (SSSR count). The Labute approximate surface area is 170 Å². The maximum atomic E-state index is 15.3. The first-order chi connectivity index (χ1) is 14.7. The lowest BCUT2D eigenvalue weighted by molar-refractivity contribution is -0.800. The average molecular weight is 394 g/mol. The fourth-order valence-electron chi connectivity index (χ4n) is 4.35. The summed E-state index contributed by atoms with van der Waals surface area (Å²) in [5, 5.41) is 3.00. The summed E-state index contributed by atoms with van der Waals surface area (Å²) in [6.45, 7) is 0. The highest BCUT2D eigenvalue weighted by Crippen LogP contribution is 2.27. The predicted octanol–water partition coefficient (Wildman–Crippen LogP) is 5.74. The summed E-state index contributed by atoms with van der Waals surface area (Å²) >= 11 is 0. The second-order valence-corrected chi connectivity index (χ2v) is 7.41. The fraction of sp³-hybridized carbons (Fsp3) is 0. The minimum absolute atomic E-state index is 0.279. The van der Waals surface area contributed by atoms with E-state index >= 15 is 4.48 Å². The van der Waals surface area contributed by atoms with Crippen LogP contribution in [0.1, 0.15) is 0 Å². The molecule has 142 valence electrons. The van der Waals surface area contributed by atoms with Gasteiger partial charge in [0.15, 0.2) is 0 Å². The van der Waals surface area contributed by atoms with Gasteiger partial charge < -0.3 is 0 Å². The van der Waals surface area contributed by atoms with Gasteiger partial charge >= 0.3 is 0 Å². The van der Waals surface area contributed by atoms with E-state index in [1.54, 1.807) is 18.2 Å². The van der Waals surface area contributed by atoms with Crippen LogP contribution in [-0.4, -0.2) is 0 Å². The van der Waals surface area contributed by atoms with Crippen molar-refractivity contribution < 1.29 is 18.2 Å². The minimum Gasteiger partial charge on any atom is -0.206 e. The maximum absolute atomic E-state index is 15.3. The molecule has 2 heterocycles. The molecule has 6 aromatic rings. The fourth-order valence-corrected chi connectivity index (χ4v) is 4.35. The molecule has 4 aromatic carbocycles. The maximum Gasteiger partial charge on any atom is 0.268 e. The lowest BCUT2D eigenvalue weighted by atomic mass is 10.1. The van der Waals surface area contributed by atoms with Crippen LogP contribution in [0.2, 0.25) is 0 Å². The van der Waals surface area contributed by atoms with Crippen LogP contribution in [0.4, 0.5) is 8.87 Å². The van der Waals surface area contributed by atoms with Crippen LogP contribution in [0.5, 0.6) is 0 Å². The highest BCUT2D eigenvalue weighted by atomic mass is 19.2. The molecule has 0 unspecified atom stereocenters. The summed E-state index contributed by atoms with van der Waals surface area (Å²) < 4.78 is 32.0. The second-order valence-electron chi connectivity index (χ2n) is 7.41. The van der Waals surface area contributed by atoms with Crippen LogP contribution in [0.25, 0.3) is 49.3 Å². The SMILES string of the molecule is Fc1cccc2c1cc1ccccc1[n+]2-c1cccc2c1cc1ccccc1[n+]2F. The van der Waals surface area contributed by atoms with Crippen LogP contribution in [0, 0.1) is 5.82 Å². The molecule has 0 saturated carbocycles. The Kier molecular flexibility index (Phi) is 3.56. The van der Waals surface area contributed by atoms with Crippen molar-refractivity contribution in [2.75, 3.05) is 0 Å². The molecule has 0 amide bonds. The third-order valence-electron chi connectivity index (χ3n) is 5.71. The zero-order valence-corrected chi connectivity index (χ0v) is 15.9. The molecule has 30 heavy (non-hydrogen) atoms. The number of aromatic nitrogens is 2. The van der Waals surface area contributed by atoms with E-state index in [0.29, 0.717) is 16.4 Å². The second kappa shape index (κ2) is 6.29. The summed E-state index contributed by atoms with van der Waals surface area (Å²) in [5.41, 5.74) is 3.45. The van der Waals surface area contributed by atoms with Gasteiger partial charge in [-0.1, -0.05) is 30.3 Å². The Morgan fingerprint density at radius 1 is 0.533 bits per heavy atom.